The summed E-state index contributed by atoms with van der Waals surface area (Å²) in [6.07, 6.45) is 2.44. The molecule has 0 spiro atoms. The van der Waals surface area contributed by atoms with Crippen LogP contribution in [-0.4, -0.2) is 49.6 Å². The Labute approximate surface area is 147 Å². The molecule has 0 N–H and O–H groups in total. The van der Waals surface area contributed by atoms with E-state index >= 15 is 0 Å². The van der Waals surface area contributed by atoms with Gasteiger partial charge < -0.3 is 23.0 Å². The molecule has 2 atom stereocenters. The Morgan fingerprint density at radius 3 is 1.65 bits per heavy atom. The molecule has 3 nitrogen and oxygen atoms in total. The molecule has 1 rings (SSSR count). The van der Waals surface area contributed by atoms with E-state index in [4.69, 9.17) is 0 Å². The Bertz CT molecular complexity index is 184. The van der Waals surface area contributed by atoms with Crippen molar-refractivity contribution in [2.24, 2.45) is 5.92 Å². The van der Waals surface area contributed by atoms with Gasteiger partial charge in [0.2, 0.25) is 0 Å². The van der Waals surface area contributed by atoms with Gasteiger partial charge in [-0.3, -0.25) is 0 Å². The molecular formula is C14H34FHfN3Si. The molecule has 6 heteroatoms. The number of rotatable bonds is 3. The predicted octanol–water partition coefficient (Wildman–Crippen LogP) is 5.02. The van der Waals surface area contributed by atoms with Crippen molar-refractivity contribution in [1.82, 2.24) is 0 Å². The van der Waals surface area contributed by atoms with Gasteiger partial charge in [0.25, 0.3) is 0 Å². The van der Waals surface area contributed by atoms with Crippen molar-refractivity contribution in [3.8, 4) is 0 Å². The van der Waals surface area contributed by atoms with Crippen LogP contribution < -0.4 is 0 Å². The van der Waals surface area contributed by atoms with Crippen LogP contribution in [0.1, 0.15) is 19.3 Å². The summed E-state index contributed by atoms with van der Waals surface area (Å²) in [4.78, 5) is 4.39. The Morgan fingerprint density at radius 2 is 1.40 bits per heavy atom. The largest absolute Gasteiger partial charge is 4.00 e. The minimum atomic E-state index is -1.40. The topological polar surface area (TPSA) is 42.3 Å². The minimum absolute atomic E-state index is 0. The summed E-state index contributed by atoms with van der Waals surface area (Å²) in [5.74, 6) is 0.329. The van der Waals surface area contributed by atoms with Crippen LogP contribution in [0.15, 0.2) is 0 Å². The maximum Gasteiger partial charge on any atom is 4.00 e. The molecule has 120 valence electrons. The molecule has 1 fully saturated rings. The Balaban J connectivity index is -0.000000139. The van der Waals surface area contributed by atoms with Crippen LogP contribution in [0.25, 0.3) is 15.6 Å². The van der Waals surface area contributed by atoms with E-state index in [-0.39, 0.29) is 33.3 Å². The fourth-order valence-corrected chi connectivity index (χ4v) is 3.88. The zero-order chi connectivity index (χ0) is 14.6. The molecule has 20 heavy (non-hydrogen) atoms. The maximum absolute atomic E-state index is 13.2. The molecule has 0 amide bonds. The Hall–Kier alpha value is 0.897. The van der Waals surface area contributed by atoms with Gasteiger partial charge in [0.15, 0.2) is 0 Å². The summed E-state index contributed by atoms with van der Waals surface area (Å²) in [7, 11) is 7.48. The van der Waals surface area contributed by atoms with Crippen molar-refractivity contribution in [2.75, 3.05) is 35.2 Å². The molecule has 0 aromatic rings. The first-order valence-electron chi connectivity index (χ1n) is 6.59. The van der Waals surface area contributed by atoms with Gasteiger partial charge in [-0.1, -0.05) is 33.8 Å². The first-order chi connectivity index (χ1) is 8.38. The third-order valence-electron chi connectivity index (χ3n) is 2.93. The standard InChI is InChI=1S/C9H19FNSi.2C2H6N.CH3.Hf/c1-11-12(2,3)7-8-5-4-6-9(8)10;2*1-3-2;;/h8-9H,4-7H2,1-3H3;2*1-2H3;1H3;/q4*-1;+4. The molecule has 0 aromatic carbocycles. The third kappa shape index (κ3) is 16.9. The van der Waals surface area contributed by atoms with Crippen molar-refractivity contribution < 1.29 is 30.2 Å². The molecule has 0 aromatic heterocycles. The van der Waals surface area contributed by atoms with Gasteiger partial charge in [-0.15, -0.1) is 0 Å². The van der Waals surface area contributed by atoms with Crippen molar-refractivity contribution in [1.29, 1.82) is 0 Å². The number of nitrogens with zero attached hydrogens (tertiary/aromatic N) is 3. The molecule has 0 radical (unpaired) electrons. The minimum Gasteiger partial charge on any atom is -0.668 e. The second-order valence-corrected chi connectivity index (χ2v) is 9.82. The maximum atomic E-state index is 13.2. The first-order valence-corrected chi connectivity index (χ1v) is 9.74. The number of hydrogen-bond donors (Lipinski definition) is 0. The number of halogens is 1. The molecular weight excluding hydrogens is 436 g/mol. The summed E-state index contributed by atoms with van der Waals surface area (Å²) in [5.41, 5.74) is 0. The summed E-state index contributed by atoms with van der Waals surface area (Å²) < 4.78 is 13.2. The van der Waals surface area contributed by atoms with E-state index in [1.165, 1.54) is 0 Å². The molecule has 1 aliphatic carbocycles. The van der Waals surface area contributed by atoms with E-state index in [0.29, 0.717) is 5.92 Å². The molecule has 0 saturated heterocycles. The predicted molar refractivity (Wildman–Crippen MR) is 90.6 cm³/mol. The first kappa shape index (κ1) is 29.0. The number of hydrogen-bond acceptors (Lipinski definition) is 0. The zero-order valence-electron chi connectivity index (χ0n) is 14.7. The molecule has 0 bridgehead atoms. The summed E-state index contributed by atoms with van der Waals surface area (Å²) in [6.45, 7) is 4.44. The van der Waals surface area contributed by atoms with Crippen molar-refractivity contribution >= 4 is 8.24 Å². The molecule has 2 unspecified atom stereocenters. The van der Waals surface area contributed by atoms with E-state index in [2.05, 4.69) is 28.7 Å². The van der Waals surface area contributed by atoms with Crippen molar-refractivity contribution in [3.05, 3.63) is 23.0 Å². The van der Waals surface area contributed by atoms with Gasteiger partial charge in [-0.05, 0) is 18.8 Å². The van der Waals surface area contributed by atoms with E-state index in [1.807, 2.05) is 7.05 Å². The van der Waals surface area contributed by atoms with Crippen molar-refractivity contribution in [2.45, 2.75) is 44.6 Å². The average molecular weight is 470 g/mol. The van der Waals surface area contributed by atoms with E-state index in [0.717, 1.165) is 25.3 Å². The monoisotopic (exact) mass is 471 g/mol. The van der Waals surface area contributed by atoms with Crippen LogP contribution in [0.5, 0.6) is 0 Å². The van der Waals surface area contributed by atoms with Crippen LogP contribution in [0.2, 0.25) is 19.1 Å². The second-order valence-electron chi connectivity index (χ2n) is 5.34. The molecule has 0 heterocycles. The Morgan fingerprint density at radius 1 is 1.00 bits per heavy atom. The van der Waals surface area contributed by atoms with Crippen LogP contribution in [-0.2, 0) is 25.8 Å². The van der Waals surface area contributed by atoms with E-state index in [1.54, 1.807) is 28.2 Å². The van der Waals surface area contributed by atoms with E-state index in [9.17, 15) is 4.39 Å². The quantitative estimate of drug-likeness (QED) is 0.411. The van der Waals surface area contributed by atoms with Crippen LogP contribution in [0.3, 0.4) is 0 Å². The van der Waals surface area contributed by atoms with Crippen LogP contribution >= 0.6 is 0 Å². The fraction of sp³-hybridized carbons (Fsp3) is 0.929. The smallest absolute Gasteiger partial charge is 0.668 e. The van der Waals surface area contributed by atoms with E-state index < -0.39 is 14.4 Å². The summed E-state index contributed by atoms with van der Waals surface area (Å²) >= 11 is 0. The summed E-state index contributed by atoms with van der Waals surface area (Å²) in [6, 6.07) is 1.05. The zero-order valence-corrected chi connectivity index (χ0v) is 19.3. The van der Waals surface area contributed by atoms with Crippen molar-refractivity contribution in [3.63, 3.8) is 0 Å². The van der Waals surface area contributed by atoms with Gasteiger partial charge >= 0.3 is 25.8 Å². The number of alkyl halides is 1. The fourth-order valence-electron chi connectivity index (χ4n) is 1.95. The SMILES string of the molecule is C[N-]C.C[N-]C.C[N-][Si](C)(C)CC1CCCC1F.[CH3-].[Hf+4]. The van der Waals surface area contributed by atoms with Gasteiger partial charge in [0, 0.05) is 0 Å². The van der Waals surface area contributed by atoms with Crippen LogP contribution in [0, 0.1) is 13.3 Å². The molecule has 0 aliphatic heterocycles. The Kier molecular flexibility index (Phi) is 26.0. The normalized spacial score (nSPS) is 20.4. The second kappa shape index (κ2) is 17.9. The summed E-state index contributed by atoms with van der Waals surface area (Å²) in [5, 5.41) is 7.00. The van der Waals surface area contributed by atoms with Crippen LogP contribution in [0.4, 0.5) is 4.39 Å². The third-order valence-corrected chi connectivity index (χ3v) is 5.67. The average Bonchev–Trinajstić information content (AvgIpc) is 2.66. The molecule has 1 saturated carbocycles. The molecule has 1 aliphatic rings. The van der Waals surface area contributed by atoms with Gasteiger partial charge in [-0.2, -0.15) is 35.2 Å². The van der Waals surface area contributed by atoms with Gasteiger partial charge in [0.05, 0.1) is 0 Å². The van der Waals surface area contributed by atoms with Gasteiger partial charge in [-0.25, -0.2) is 4.39 Å². The van der Waals surface area contributed by atoms with Gasteiger partial charge in [0.1, 0.15) is 6.17 Å².